The summed E-state index contributed by atoms with van der Waals surface area (Å²) in [5.41, 5.74) is 1.24. The number of nitrogens with one attached hydrogen (secondary N) is 1. The average molecular weight is 531 g/mol. The standard InChI is InChI=1S/C23H37N3O3.HI/c1-4-24-23(25-16-19(3)29-21-9-7-18(2)8-10-21)26-13-11-20(12-14-26)28-17-22-6-5-15-27-22;/h7-10,19-20,22H,4-6,11-17H2,1-3H3,(H,24,25);1H. The van der Waals surface area contributed by atoms with E-state index < -0.39 is 0 Å². The first-order valence-electron chi connectivity index (χ1n) is 11.1. The van der Waals surface area contributed by atoms with Gasteiger partial charge in [-0.25, -0.2) is 4.99 Å². The molecule has 0 radical (unpaired) electrons. The number of rotatable bonds is 8. The molecular weight excluding hydrogens is 493 g/mol. The van der Waals surface area contributed by atoms with Crippen molar-refractivity contribution in [3.8, 4) is 5.75 Å². The fraction of sp³-hybridized carbons (Fsp3) is 0.696. The van der Waals surface area contributed by atoms with E-state index in [2.05, 4.69) is 43.1 Å². The van der Waals surface area contributed by atoms with Crippen LogP contribution in [0.4, 0.5) is 0 Å². The fourth-order valence-corrected chi connectivity index (χ4v) is 3.78. The Kier molecular flexibility index (Phi) is 11.2. The molecule has 0 saturated carbocycles. The van der Waals surface area contributed by atoms with E-state index in [1.54, 1.807) is 0 Å². The van der Waals surface area contributed by atoms with Crippen molar-refractivity contribution < 1.29 is 14.2 Å². The molecule has 1 aromatic rings. The highest BCUT2D eigenvalue weighted by Crippen LogP contribution is 2.18. The van der Waals surface area contributed by atoms with Gasteiger partial charge in [-0.3, -0.25) is 0 Å². The Labute approximate surface area is 198 Å². The van der Waals surface area contributed by atoms with Gasteiger partial charge < -0.3 is 24.4 Å². The third-order valence-electron chi connectivity index (χ3n) is 5.47. The third kappa shape index (κ3) is 8.23. The minimum absolute atomic E-state index is 0. The zero-order chi connectivity index (χ0) is 20.5. The van der Waals surface area contributed by atoms with Gasteiger partial charge in [0, 0.05) is 26.2 Å². The Morgan fingerprint density at radius 1 is 1.23 bits per heavy atom. The fourth-order valence-electron chi connectivity index (χ4n) is 3.78. The second-order valence-corrected chi connectivity index (χ2v) is 8.09. The van der Waals surface area contributed by atoms with Crippen LogP contribution >= 0.6 is 24.0 Å². The monoisotopic (exact) mass is 531 g/mol. The van der Waals surface area contributed by atoms with Crippen molar-refractivity contribution in [2.24, 2.45) is 4.99 Å². The van der Waals surface area contributed by atoms with Crippen LogP contribution in [0.2, 0.25) is 0 Å². The highest BCUT2D eigenvalue weighted by atomic mass is 127. The van der Waals surface area contributed by atoms with Crippen LogP contribution in [0.1, 0.15) is 45.1 Å². The van der Waals surface area contributed by atoms with Crippen LogP contribution in [0.5, 0.6) is 5.75 Å². The van der Waals surface area contributed by atoms with Crippen LogP contribution in [-0.2, 0) is 9.47 Å². The van der Waals surface area contributed by atoms with Crippen LogP contribution in [0.25, 0.3) is 0 Å². The molecule has 3 rings (SSSR count). The molecule has 30 heavy (non-hydrogen) atoms. The van der Waals surface area contributed by atoms with Gasteiger partial charge in [-0.1, -0.05) is 17.7 Å². The molecule has 170 valence electrons. The van der Waals surface area contributed by atoms with Gasteiger partial charge in [0.2, 0.25) is 0 Å². The molecule has 0 aliphatic carbocycles. The highest BCUT2D eigenvalue weighted by molar-refractivity contribution is 14.0. The maximum Gasteiger partial charge on any atom is 0.194 e. The molecule has 2 saturated heterocycles. The zero-order valence-corrected chi connectivity index (χ0v) is 21.0. The largest absolute Gasteiger partial charge is 0.489 e. The number of halogens is 1. The zero-order valence-electron chi connectivity index (χ0n) is 18.6. The summed E-state index contributed by atoms with van der Waals surface area (Å²) >= 11 is 0. The summed E-state index contributed by atoms with van der Waals surface area (Å²) in [6, 6.07) is 8.17. The number of nitrogens with zero attached hydrogens (tertiary/aromatic N) is 2. The topological polar surface area (TPSA) is 55.3 Å². The summed E-state index contributed by atoms with van der Waals surface area (Å²) < 4.78 is 17.8. The maximum absolute atomic E-state index is 6.10. The lowest BCUT2D eigenvalue weighted by Gasteiger charge is -2.34. The molecule has 2 atom stereocenters. The Hall–Kier alpha value is -1.06. The third-order valence-corrected chi connectivity index (χ3v) is 5.47. The lowest BCUT2D eigenvalue weighted by atomic mass is 10.1. The number of piperidine rings is 1. The molecule has 2 aliphatic heterocycles. The number of hydrogen-bond donors (Lipinski definition) is 1. The maximum atomic E-state index is 6.10. The molecule has 2 heterocycles. The van der Waals surface area contributed by atoms with Crippen molar-refractivity contribution >= 4 is 29.9 Å². The summed E-state index contributed by atoms with van der Waals surface area (Å²) in [7, 11) is 0. The van der Waals surface area contributed by atoms with E-state index in [1.807, 2.05) is 12.1 Å². The van der Waals surface area contributed by atoms with Crippen LogP contribution in [0, 0.1) is 6.92 Å². The lowest BCUT2D eigenvalue weighted by molar-refractivity contribution is -0.0367. The number of hydrogen-bond acceptors (Lipinski definition) is 4. The van der Waals surface area contributed by atoms with Gasteiger partial charge in [-0.2, -0.15) is 0 Å². The number of aliphatic imine (C=N–C) groups is 1. The van der Waals surface area contributed by atoms with Crippen molar-refractivity contribution in [1.82, 2.24) is 10.2 Å². The molecule has 2 unspecified atom stereocenters. The first-order chi connectivity index (χ1) is 14.1. The van der Waals surface area contributed by atoms with E-state index in [4.69, 9.17) is 19.2 Å². The molecule has 1 aromatic carbocycles. The molecule has 6 nitrogen and oxygen atoms in total. The van der Waals surface area contributed by atoms with Crippen molar-refractivity contribution in [3.63, 3.8) is 0 Å². The van der Waals surface area contributed by atoms with Crippen molar-refractivity contribution in [2.75, 3.05) is 39.4 Å². The predicted octanol–water partition coefficient (Wildman–Crippen LogP) is 4.01. The number of guanidine groups is 1. The van der Waals surface area contributed by atoms with Gasteiger partial charge in [-0.15, -0.1) is 24.0 Å². The number of benzene rings is 1. The minimum atomic E-state index is 0. The lowest BCUT2D eigenvalue weighted by Crippen LogP contribution is -2.47. The van der Waals surface area contributed by atoms with Gasteiger partial charge in [0.15, 0.2) is 5.96 Å². The van der Waals surface area contributed by atoms with Gasteiger partial charge in [0.05, 0.1) is 25.4 Å². The second kappa shape index (κ2) is 13.4. The van der Waals surface area contributed by atoms with Gasteiger partial charge >= 0.3 is 0 Å². The van der Waals surface area contributed by atoms with E-state index in [0.717, 1.165) is 63.8 Å². The summed E-state index contributed by atoms with van der Waals surface area (Å²) in [4.78, 5) is 7.17. The van der Waals surface area contributed by atoms with Crippen LogP contribution in [0.3, 0.4) is 0 Å². The minimum Gasteiger partial charge on any atom is -0.489 e. The molecule has 2 fully saturated rings. The molecule has 0 amide bonds. The van der Waals surface area contributed by atoms with Crippen LogP contribution in [0.15, 0.2) is 29.3 Å². The normalized spacial score (nSPS) is 21.2. The summed E-state index contributed by atoms with van der Waals surface area (Å²) in [6.07, 6.45) is 5.04. The van der Waals surface area contributed by atoms with Crippen molar-refractivity contribution in [3.05, 3.63) is 29.8 Å². The van der Waals surface area contributed by atoms with E-state index in [9.17, 15) is 0 Å². The van der Waals surface area contributed by atoms with Crippen molar-refractivity contribution in [2.45, 2.75) is 64.8 Å². The quantitative estimate of drug-likeness (QED) is 0.312. The Balaban J connectivity index is 0.00000320. The predicted molar refractivity (Wildman–Crippen MR) is 132 cm³/mol. The summed E-state index contributed by atoms with van der Waals surface area (Å²) in [5.74, 6) is 1.87. The number of aryl methyl sites for hydroxylation is 1. The number of likely N-dealkylation sites (tertiary alicyclic amines) is 1. The molecule has 1 N–H and O–H groups in total. The molecule has 2 aliphatic rings. The summed E-state index contributed by atoms with van der Waals surface area (Å²) in [5, 5.41) is 3.43. The average Bonchev–Trinajstić information content (AvgIpc) is 3.25. The molecule has 0 bridgehead atoms. The van der Waals surface area contributed by atoms with Gasteiger partial charge in [-0.05, 0) is 58.6 Å². The SMILES string of the molecule is CCNC(=NCC(C)Oc1ccc(C)cc1)N1CCC(OCC2CCCO2)CC1.I. The molecule has 0 aromatic heterocycles. The smallest absolute Gasteiger partial charge is 0.194 e. The Bertz CT molecular complexity index is 627. The van der Waals surface area contributed by atoms with E-state index >= 15 is 0 Å². The Morgan fingerprint density at radius 2 is 1.97 bits per heavy atom. The van der Waals surface area contributed by atoms with Crippen LogP contribution in [-0.4, -0.2) is 68.6 Å². The van der Waals surface area contributed by atoms with E-state index in [1.165, 1.54) is 12.0 Å². The molecular formula is C23H38IN3O3. The second-order valence-electron chi connectivity index (χ2n) is 8.09. The first kappa shape index (κ1) is 25.2. The van der Waals surface area contributed by atoms with Crippen LogP contribution < -0.4 is 10.1 Å². The van der Waals surface area contributed by atoms with E-state index in [-0.39, 0.29) is 30.1 Å². The Morgan fingerprint density at radius 3 is 2.60 bits per heavy atom. The van der Waals surface area contributed by atoms with Gasteiger partial charge in [0.1, 0.15) is 11.9 Å². The first-order valence-corrected chi connectivity index (χ1v) is 11.1. The number of ether oxygens (including phenoxy) is 3. The highest BCUT2D eigenvalue weighted by Gasteiger charge is 2.24. The molecule has 0 spiro atoms. The summed E-state index contributed by atoms with van der Waals surface area (Å²) in [6.45, 7) is 11.3. The van der Waals surface area contributed by atoms with Gasteiger partial charge in [0.25, 0.3) is 0 Å². The van der Waals surface area contributed by atoms with Crippen molar-refractivity contribution in [1.29, 1.82) is 0 Å². The van der Waals surface area contributed by atoms with E-state index in [0.29, 0.717) is 18.8 Å². The molecule has 7 heteroatoms.